The smallest absolute Gasteiger partial charge is 0.224 e. The number of nitrogens with zero attached hydrogens (tertiary/aromatic N) is 1. The molecule has 2 aromatic rings. The largest absolute Gasteiger partial charge is 0.492 e. The SMILES string of the molecule is N#Cc1ccccc1OCCCC(=O)Nc1cccc(N)c1. The molecule has 0 bridgehead atoms. The predicted molar refractivity (Wildman–Crippen MR) is 85.4 cm³/mol. The molecule has 0 fully saturated rings. The molecule has 0 aliphatic carbocycles. The second-order valence-corrected chi connectivity index (χ2v) is 4.73. The summed E-state index contributed by atoms with van der Waals surface area (Å²) in [5.41, 5.74) is 7.43. The zero-order valence-electron chi connectivity index (χ0n) is 12.1. The van der Waals surface area contributed by atoms with E-state index >= 15 is 0 Å². The molecule has 0 spiro atoms. The molecule has 0 radical (unpaired) electrons. The molecule has 0 unspecified atom stereocenters. The Bertz CT molecular complexity index is 692. The Kier molecular flexibility index (Phi) is 5.38. The summed E-state index contributed by atoms with van der Waals surface area (Å²) in [6.45, 7) is 0.378. The fourth-order valence-corrected chi connectivity index (χ4v) is 1.94. The van der Waals surface area contributed by atoms with Crippen LogP contribution in [0.4, 0.5) is 11.4 Å². The van der Waals surface area contributed by atoms with E-state index < -0.39 is 0 Å². The van der Waals surface area contributed by atoms with Gasteiger partial charge in [0, 0.05) is 17.8 Å². The monoisotopic (exact) mass is 295 g/mol. The van der Waals surface area contributed by atoms with Crippen molar-refractivity contribution in [3.05, 3.63) is 54.1 Å². The zero-order chi connectivity index (χ0) is 15.8. The standard InChI is InChI=1S/C17H17N3O2/c18-12-13-5-1-2-8-16(13)22-10-4-9-17(21)20-15-7-3-6-14(19)11-15/h1-3,5-8,11H,4,9-10,19H2,(H,20,21). The first kappa shape index (κ1) is 15.4. The van der Waals surface area contributed by atoms with Crippen molar-refractivity contribution in [3.8, 4) is 11.8 Å². The highest BCUT2D eigenvalue weighted by molar-refractivity contribution is 5.91. The number of anilines is 2. The van der Waals surface area contributed by atoms with Crippen LogP contribution in [0.5, 0.6) is 5.75 Å². The summed E-state index contributed by atoms with van der Waals surface area (Å²) in [4.78, 5) is 11.8. The van der Waals surface area contributed by atoms with Crippen molar-refractivity contribution in [3.63, 3.8) is 0 Å². The second-order valence-electron chi connectivity index (χ2n) is 4.73. The van der Waals surface area contributed by atoms with Crippen molar-refractivity contribution in [2.24, 2.45) is 0 Å². The first-order valence-corrected chi connectivity index (χ1v) is 6.96. The number of nitrogen functional groups attached to an aromatic ring is 1. The summed E-state index contributed by atoms with van der Waals surface area (Å²) in [6.07, 6.45) is 0.900. The average Bonchev–Trinajstić information content (AvgIpc) is 2.52. The minimum Gasteiger partial charge on any atom is -0.492 e. The highest BCUT2D eigenvalue weighted by Crippen LogP contribution is 2.17. The van der Waals surface area contributed by atoms with Crippen LogP contribution in [0.25, 0.3) is 0 Å². The number of carbonyl (C=O) groups is 1. The third kappa shape index (κ3) is 4.53. The van der Waals surface area contributed by atoms with Gasteiger partial charge in [0.15, 0.2) is 0 Å². The molecule has 112 valence electrons. The third-order valence-electron chi connectivity index (χ3n) is 2.98. The van der Waals surface area contributed by atoms with E-state index in [1.165, 1.54) is 0 Å². The molecule has 5 heteroatoms. The van der Waals surface area contributed by atoms with E-state index in [1.54, 1.807) is 42.5 Å². The Morgan fingerprint density at radius 1 is 1.23 bits per heavy atom. The second kappa shape index (κ2) is 7.70. The lowest BCUT2D eigenvalue weighted by atomic mass is 10.2. The number of rotatable bonds is 6. The Morgan fingerprint density at radius 3 is 2.82 bits per heavy atom. The molecular weight excluding hydrogens is 278 g/mol. The van der Waals surface area contributed by atoms with Gasteiger partial charge >= 0.3 is 0 Å². The van der Waals surface area contributed by atoms with Crippen LogP contribution >= 0.6 is 0 Å². The van der Waals surface area contributed by atoms with Gasteiger partial charge in [-0.15, -0.1) is 0 Å². The minimum atomic E-state index is -0.0947. The molecule has 0 aromatic heterocycles. The van der Waals surface area contributed by atoms with E-state index in [0.717, 1.165) is 0 Å². The van der Waals surface area contributed by atoms with Crippen LogP contribution in [-0.4, -0.2) is 12.5 Å². The molecule has 1 amide bonds. The van der Waals surface area contributed by atoms with Crippen molar-refractivity contribution in [2.45, 2.75) is 12.8 Å². The number of amides is 1. The summed E-state index contributed by atoms with van der Waals surface area (Å²) in [5, 5.41) is 11.7. The predicted octanol–water partition coefficient (Wildman–Crippen LogP) is 2.94. The van der Waals surface area contributed by atoms with Gasteiger partial charge in [-0.1, -0.05) is 18.2 Å². The number of hydrogen-bond acceptors (Lipinski definition) is 4. The lowest BCUT2D eigenvalue weighted by Crippen LogP contribution is -2.13. The van der Waals surface area contributed by atoms with Crippen molar-refractivity contribution >= 4 is 17.3 Å². The van der Waals surface area contributed by atoms with Crippen molar-refractivity contribution in [1.29, 1.82) is 5.26 Å². The van der Waals surface area contributed by atoms with Crippen LogP contribution in [0.3, 0.4) is 0 Å². The van der Waals surface area contributed by atoms with Gasteiger partial charge in [0.1, 0.15) is 11.8 Å². The Balaban J connectivity index is 1.75. The molecule has 0 atom stereocenters. The van der Waals surface area contributed by atoms with Crippen LogP contribution in [0.2, 0.25) is 0 Å². The number of nitriles is 1. The summed E-state index contributed by atoms with van der Waals surface area (Å²) < 4.78 is 5.53. The molecule has 0 saturated heterocycles. The molecule has 0 aliphatic heterocycles. The van der Waals surface area contributed by atoms with Crippen molar-refractivity contribution < 1.29 is 9.53 Å². The highest BCUT2D eigenvalue weighted by Gasteiger charge is 2.04. The molecule has 5 nitrogen and oxygen atoms in total. The van der Waals surface area contributed by atoms with E-state index in [9.17, 15) is 4.79 Å². The minimum absolute atomic E-state index is 0.0947. The Labute approximate surface area is 129 Å². The van der Waals surface area contributed by atoms with E-state index in [4.69, 9.17) is 15.7 Å². The number of nitrogens with two attached hydrogens (primary N) is 1. The van der Waals surface area contributed by atoms with E-state index in [1.807, 2.05) is 6.07 Å². The average molecular weight is 295 g/mol. The number of hydrogen-bond donors (Lipinski definition) is 2. The normalized spacial score (nSPS) is 9.77. The first-order valence-electron chi connectivity index (χ1n) is 6.96. The fraction of sp³-hybridized carbons (Fsp3) is 0.176. The third-order valence-corrected chi connectivity index (χ3v) is 2.98. The maximum atomic E-state index is 11.8. The van der Waals surface area contributed by atoms with Crippen LogP contribution in [0.1, 0.15) is 18.4 Å². The van der Waals surface area contributed by atoms with Crippen molar-refractivity contribution in [2.75, 3.05) is 17.7 Å². The van der Waals surface area contributed by atoms with Crippen LogP contribution in [-0.2, 0) is 4.79 Å². The van der Waals surface area contributed by atoms with Crippen LogP contribution in [0.15, 0.2) is 48.5 Å². The van der Waals surface area contributed by atoms with Crippen molar-refractivity contribution in [1.82, 2.24) is 0 Å². The molecule has 0 aliphatic rings. The van der Waals surface area contributed by atoms with E-state index in [2.05, 4.69) is 11.4 Å². The lowest BCUT2D eigenvalue weighted by molar-refractivity contribution is -0.116. The fourth-order valence-electron chi connectivity index (χ4n) is 1.94. The summed E-state index contributed by atoms with van der Waals surface area (Å²) in [7, 11) is 0. The topological polar surface area (TPSA) is 88.1 Å². The Hall–Kier alpha value is -3.00. The van der Waals surface area contributed by atoms with Gasteiger partial charge in [0.05, 0.1) is 12.2 Å². The molecule has 3 N–H and O–H groups in total. The molecular formula is C17H17N3O2. The Morgan fingerprint density at radius 2 is 2.05 bits per heavy atom. The van der Waals surface area contributed by atoms with Gasteiger partial charge < -0.3 is 15.8 Å². The van der Waals surface area contributed by atoms with E-state index in [0.29, 0.717) is 42.1 Å². The number of ether oxygens (including phenoxy) is 1. The van der Waals surface area contributed by atoms with Gasteiger partial charge in [0.25, 0.3) is 0 Å². The summed E-state index contributed by atoms with van der Waals surface area (Å²) in [5.74, 6) is 0.448. The van der Waals surface area contributed by atoms with E-state index in [-0.39, 0.29) is 5.91 Å². The number of nitrogens with one attached hydrogen (secondary N) is 1. The molecule has 2 rings (SSSR count). The summed E-state index contributed by atoms with van der Waals surface area (Å²) >= 11 is 0. The molecule has 0 saturated carbocycles. The van der Waals surface area contributed by atoms with Crippen LogP contribution in [0, 0.1) is 11.3 Å². The van der Waals surface area contributed by atoms with Gasteiger partial charge in [-0.25, -0.2) is 0 Å². The van der Waals surface area contributed by atoms with Gasteiger partial charge in [-0.3, -0.25) is 4.79 Å². The maximum Gasteiger partial charge on any atom is 0.224 e. The molecule has 2 aromatic carbocycles. The molecule has 0 heterocycles. The first-order chi connectivity index (χ1) is 10.7. The lowest BCUT2D eigenvalue weighted by Gasteiger charge is -2.08. The molecule has 22 heavy (non-hydrogen) atoms. The van der Waals surface area contributed by atoms with Gasteiger partial charge in [0.2, 0.25) is 5.91 Å². The zero-order valence-corrected chi connectivity index (χ0v) is 12.1. The number of para-hydroxylation sites is 1. The number of benzene rings is 2. The number of carbonyl (C=O) groups excluding carboxylic acids is 1. The summed E-state index contributed by atoms with van der Waals surface area (Å²) in [6, 6.07) is 16.1. The quantitative estimate of drug-likeness (QED) is 0.633. The van der Waals surface area contributed by atoms with Gasteiger partial charge in [-0.05, 0) is 36.8 Å². The van der Waals surface area contributed by atoms with Gasteiger partial charge in [-0.2, -0.15) is 5.26 Å². The maximum absolute atomic E-state index is 11.8. The highest BCUT2D eigenvalue weighted by atomic mass is 16.5. The van der Waals surface area contributed by atoms with Crippen LogP contribution < -0.4 is 15.8 Å².